The van der Waals surface area contributed by atoms with Gasteiger partial charge in [-0.3, -0.25) is 19.3 Å². The molecule has 2 heterocycles. The first-order chi connectivity index (χ1) is 12.6. The topological polar surface area (TPSA) is 84.9 Å². The SMILES string of the molecule is CCCCC(=O)NCCN1C(=O)S/C(=C\c2ccc3c(c2)OCO3)C1=O. The van der Waals surface area contributed by atoms with Gasteiger partial charge in [-0.1, -0.05) is 19.4 Å². The fourth-order valence-corrected chi connectivity index (χ4v) is 3.44. The molecule has 1 aromatic rings. The monoisotopic (exact) mass is 376 g/mol. The standard InChI is InChI=1S/C18H20N2O5S/c1-2-3-4-16(21)19-7-8-20-17(22)15(26-18(20)23)10-12-5-6-13-14(9-12)25-11-24-13/h5-6,9-10H,2-4,7-8,11H2,1H3,(H,19,21)/b15-10-. The summed E-state index contributed by atoms with van der Waals surface area (Å²) in [5.41, 5.74) is 0.757. The molecule has 3 rings (SSSR count). The lowest BCUT2D eigenvalue weighted by Gasteiger charge is -2.12. The van der Waals surface area contributed by atoms with E-state index in [1.807, 2.05) is 6.92 Å². The van der Waals surface area contributed by atoms with Crippen LogP contribution in [-0.4, -0.2) is 41.8 Å². The fraction of sp³-hybridized carbons (Fsp3) is 0.389. The number of hydrogen-bond acceptors (Lipinski definition) is 6. The summed E-state index contributed by atoms with van der Waals surface area (Å²) in [5.74, 6) is 0.872. The number of amides is 3. The Morgan fingerprint density at radius 3 is 2.92 bits per heavy atom. The quantitative estimate of drug-likeness (QED) is 0.737. The zero-order valence-corrected chi connectivity index (χ0v) is 15.3. The molecule has 0 spiro atoms. The van der Waals surface area contributed by atoms with Crippen LogP contribution in [0.2, 0.25) is 0 Å². The van der Waals surface area contributed by atoms with Crippen molar-refractivity contribution in [3.8, 4) is 11.5 Å². The molecule has 138 valence electrons. The Morgan fingerprint density at radius 1 is 1.31 bits per heavy atom. The summed E-state index contributed by atoms with van der Waals surface area (Å²) in [4.78, 5) is 37.6. The number of benzene rings is 1. The molecule has 8 heteroatoms. The van der Waals surface area contributed by atoms with Crippen LogP contribution in [0.15, 0.2) is 23.1 Å². The predicted molar refractivity (Wildman–Crippen MR) is 97.8 cm³/mol. The van der Waals surface area contributed by atoms with E-state index in [0.717, 1.165) is 35.1 Å². The maximum absolute atomic E-state index is 12.4. The highest BCUT2D eigenvalue weighted by atomic mass is 32.2. The zero-order chi connectivity index (χ0) is 18.5. The van der Waals surface area contributed by atoms with Crippen molar-refractivity contribution in [3.63, 3.8) is 0 Å². The van der Waals surface area contributed by atoms with E-state index < -0.39 is 0 Å². The van der Waals surface area contributed by atoms with Gasteiger partial charge < -0.3 is 14.8 Å². The number of ether oxygens (including phenoxy) is 2. The van der Waals surface area contributed by atoms with E-state index in [4.69, 9.17) is 9.47 Å². The molecule has 2 aliphatic heterocycles. The highest BCUT2D eigenvalue weighted by Crippen LogP contribution is 2.36. The van der Waals surface area contributed by atoms with Gasteiger partial charge in [-0.2, -0.15) is 0 Å². The number of nitrogens with zero attached hydrogens (tertiary/aromatic N) is 1. The van der Waals surface area contributed by atoms with Gasteiger partial charge in [0.1, 0.15) is 0 Å². The largest absolute Gasteiger partial charge is 0.454 e. The molecule has 1 saturated heterocycles. The van der Waals surface area contributed by atoms with Gasteiger partial charge in [0, 0.05) is 19.5 Å². The van der Waals surface area contributed by atoms with Crippen molar-refractivity contribution in [2.75, 3.05) is 19.9 Å². The second-order valence-corrected chi connectivity index (χ2v) is 6.89. The Kier molecular flexibility index (Phi) is 5.82. The number of imide groups is 1. The van der Waals surface area contributed by atoms with Gasteiger partial charge in [-0.25, -0.2) is 0 Å². The second-order valence-electron chi connectivity index (χ2n) is 5.90. The molecule has 1 aromatic carbocycles. The van der Waals surface area contributed by atoms with E-state index >= 15 is 0 Å². The predicted octanol–water partition coefficient (Wildman–Crippen LogP) is 2.76. The molecular formula is C18H20N2O5S. The number of fused-ring (bicyclic) bond motifs is 1. The van der Waals surface area contributed by atoms with Crippen LogP contribution in [0.4, 0.5) is 4.79 Å². The first-order valence-electron chi connectivity index (χ1n) is 8.50. The van der Waals surface area contributed by atoms with E-state index in [2.05, 4.69) is 5.32 Å². The van der Waals surface area contributed by atoms with Crippen LogP contribution in [0.1, 0.15) is 31.7 Å². The van der Waals surface area contributed by atoms with Gasteiger partial charge in [0.05, 0.1) is 4.91 Å². The Labute approximate surface area is 155 Å². The Bertz CT molecular complexity index is 762. The third-order valence-corrected chi connectivity index (χ3v) is 4.89. The third kappa shape index (κ3) is 4.19. The maximum Gasteiger partial charge on any atom is 0.293 e. The minimum Gasteiger partial charge on any atom is -0.454 e. The van der Waals surface area contributed by atoms with Crippen LogP contribution in [0.5, 0.6) is 11.5 Å². The molecule has 1 N–H and O–H groups in total. The number of nitrogens with one attached hydrogen (secondary N) is 1. The van der Waals surface area contributed by atoms with Crippen molar-refractivity contribution in [1.29, 1.82) is 0 Å². The van der Waals surface area contributed by atoms with Crippen LogP contribution in [0, 0.1) is 0 Å². The number of hydrogen-bond donors (Lipinski definition) is 1. The van der Waals surface area contributed by atoms with E-state index in [-0.39, 0.29) is 36.9 Å². The van der Waals surface area contributed by atoms with Crippen molar-refractivity contribution < 1.29 is 23.9 Å². The maximum atomic E-state index is 12.4. The van der Waals surface area contributed by atoms with Crippen LogP contribution < -0.4 is 14.8 Å². The van der Waals surface area contributed by atoms with E-state index in [0.29, 0.717) is 22.8 Å². The smallest absolute Gasteiger partial charge is 0.293 e. The van der Waals surface area contributed by atoms with Crippen LogP contribution >= 0.6 is 11.8 Å². The molecule has 26 heavy (non-hydrogen) atoms. The summed E-state index contributed by atoms with van der Waals surface area (Å²) < 4.78 is 10.6. The van der Waals surface area contributed by atoms with Gasteiger partial charge in [0.15, 0.2) is 11.5 Å². The van der Waals surface area contributed by atoms with Crippen LogP contribution in [0.25, 0.3) is 6.08 Å². The summed E-state index contributed by atoms with van der Waals surface area (Å²) in [5, 5.41) is 2.41. The van der Waals surface area contributed by atoms with Gasteiger partial charge >= 0.3 is 0 Å². The fourth-order valence-electron chi connectivity index (χ4n) is 2.58. The van der Waals surface area contributed by atoms with Crippen LogP contribution in [-0.2, 0) is 9.59 Å². The number of rotatable bonds is 7. The Balaban J connectivity index is 1.59. The highest BCUT2D eigenvalue weighted by Gasteiger charge is 2.34. The molecule has 7 nitrogen and oxygen atoms in total. The third-order valence-electron chi connectivity index (χ3n) is 3.98. The molecular weight excluding hydrogens is 356 g/mol. The molecule has 0 radical (unpaired) electrons. The molecule has 3 amide bonds. The van der Waals surface area contributed by atoms with E-state index in [1.54, 1.807) is 24.3 Å². The minimum absolute atomic E-state index is 0.0604. The first kappa shape index (κ1) is 18.3. The Morgan fingerprint density at radius 2 is 2.12 bits per heavy atom. The summed E-state index contributed by atoms with van der Waals surface area (Å²) in [6.07, 6.45) is 3.89. The van der Waals surface area contributed by atoms with Gasteiger partial charge in [0.25, 0.3) is 11.1 Å². The summed E-state index contributed by atoms with van der Waals surface area (Å²) in [6.45, 7) is 2.62. The molecule has 0 aliphatic carbocycles. The second kappa shape index (κ2) is 8.27. The van der Waals surface area contributed by atoms with Crippen molar-refractivity contribution in [1.82, 2.24) is 10.2 Å². The highest BCUT2D eigenvalue weighted by molar-refractivity contribution is 8.18. The zero-order valence-electron chi connectivity index (χ0n) is 14.4. The lowest BCUT2D eigenvalue weighted by atomic mass is 10.2. The lowest BCUT2D eigenvalue weighted by molar-refractivity contribution is -0.124. The Hall–Kier alpha value is -2.48. The van der Waals surface area contributed by atoms with Crippen molar-refractivity contribution in [2.45, 2.75) is 26.2 Å². The average Bonchev–Trinajstić information content (AvgIpc) is 3.19. The minimum atomic E-state index is -0.347. The van der Waals surface area contributed by atoms with E-state index in [1.165, 1.54) is 0 Å². The van der Waals surface area contributed by atoms with Gasteiger partial charge in [-0.15, -0.1) is 0 Å². The average molecular weight is 376 g/mol. The number of carbonyl (C=O) groups excluding carboxylic acids is 3. The lowest BCUT2D eigenvalue weighted by Crippen LogP contribution is -2.37. The molecule has 0 bridgehead atoms. The molecule has 0 saturated carbocycles. The first-order valence-corrected chi connectivity index (χ1v) is 9.32. The van der Waals surface area contributed by atoms with Gasteiger partial charge in [-0.05, 0) is 42.0 Å². The molecule has 0 atom stereocenters. The molecule has 2 aliphatic rings. The molecule has 0 unspecified atom stereocenters. The van der Waals surface area contributed by atoms with Crippen molar-refractivity contribution in [2.24, 2.45) is 0 Å². The summed E-state index contributed by atoms with van der Waals surface area (Å²) in [6, 6.07) is 5.34. The number of unbranched alkanes of at least 4 members (excludes halogenated alkanes) is 1. The van der Waals surface area contributed by atoms with Gasteiger partial charge in [0.2, 0.25) is 12.7 Å². The summed E-state index contributed by atoms with van der Waals surface area (Å²) in [7, 11) is 0. The summed E-state index contributed by atoms with van der Waals surface area (Å²) >= 11 is 0.896. The normalized spacial score (nSPS) is 17.3. The molecule has 1 fully saturated rings. The van der Waals surface area contributed by atoms with Crippen molar-refractivity contribution in [3.05, 3.63) is 28.7 Å². The van der Waals surface area contributed by atoms with E-state index in [9.17, 15) is 14.4 Å². The van der Waals surface area contributed by atoms with Crippen LogP contribution in [0.3, 0.4) is 0 Å². The number of carbonyl (C=O) groups is 3. The number of thioether (sulfide) groups is 1. The van der Waals surface area contributed by atoms with Crippen molar-refractivity contribution >= 4 is 34.9 Å². The molecule has 0 aromatic heterocycles.